The van der Waals surface area contributed by atoms with Crippen molar-refractivity contribution in [2.75, 3.05) is 6.54 Å². The van der Waals surface area contributed by atoms with E-state index in [4.69, 9.17) is 4.74 Å². The van der Waals surface area contributed by atoms with Crippen molar-refractivity contribution >= 4 is 5.97 Å². The fraction of sp³-hybridized carbons (Fsp3) is 0.591. The molecule has 1 aromatic rings. The normalized spacial score (nSPS) is 37.3. The Balaban J connectivity index is 1.42. The SMILES string of the molecule is C=C1CCC[C@]2(C)C[C@H]3OC(=O)[C@H](CNCc4ccccc4)[C@@H]3C[C@H]12. The highest BCUT2D eigenvalue weighted by atomic mass is 16.6. The van der Waals surface area contributed by atoms with Crippen LogP contribution in [0.2, 0.25) is 0 Å². The molecule has 134 valence electrons. The molecule has 2 saturated carbocycles. The second kappa shape index (κ2) is 6.60. The first-order chi connectivity index (χ1) is 12.1. The zero-order valence-electron chi connectivity index (χ0n) is 15.2. The highest BCUT2D eigenvalue weighted by molar-refractivity contribution is 5.75. The fourth-order valence-corrected chi connectivity index (χ4v) is 5.46. The van der Waals surface area contributed by atoms with Gasteiger partial charge in [0, 0.05) is 19.0 Å². The highest BCUT2D eigenvalue weighted by Crippen LogP contribution is 2.56. The predicted octanol–water partition coefficient (Wildman–Crippen LogP) is 4.09. The van der Waals surface area contributed by atoms with Crippen LogP contribution in [0.25, 0.3) is 0 Å². The molecule has 0 radical (unpaired) electrons. The summed E-state index contributed by atoms with van der Waals surface area (Å²) < 4.78 is 5.82. The first-order valence-corrected chi connectivity index (χ1v) is 9.70. The quantitative estimate of drug-likeness (QED) is 0.663. The summed E-state index contributed by atoms with van der Waals surface area (Å²) in [5.74, 6) is 0.911. The lowest BCUT2D eigenvalue weighted by molar-refractivity contribution is -0.146. The molecule has 3 nitrogen and oxygen atoms in total. The Morgan fingerprint density at radius 1 is 1.32 bits per heavy atom. The molecule has 0 unspecified atom stereocenters. The van der Waals surface area contributed by atoms with Crippen molar-refractivity contribution in [2.24, 2.45) is 23.2 Å². The van der Waals surface area contributed by atoms with Crippen LogP contribution in [0.3, 0.4) is 0 Å². The first-order valence-electron chi connectivity index (χ1n) is 9.70. The summed E-state index contributed by atoms with van der Waals surface area (Å²) >= 11 is 0. The zero-order chi connectivity index (χ0) is 17.4. The van der Waals surface area contributed by atoms with E-state index in [2.05, 4.69) is 31.0 Å². The molecule has 3 aliphatic rings. The van der Waals surface area contributed by atoms with E-state index in [0.29, 0.717) is 18.4 Å². The van der Waals surface area contributed by atoms with Crippen LogP contribution in [0.15, 0.2) is 42.5 Å². The second-order valence-electron chi connectivity index (χ2n) is 8.52. The summed E-state index contributed by atoms with van der Waals surface area (Å²) in [6, 6.07) is 10.3. The van der Waals surface area contributed by atoms with E-state index >= 15 is 0 Å². The topological polar surface area (TPSA) is 38.3 Å². The number of fused-ring (bicyclic) bond motifs is 2. The van der Waals surface area contributed by atoms with Gasteiger partial charge < -0.3 is 10.1 Å². The third-order valence-corrected chi connectivity index (χ3v) is 6.86. The van der Waals surface area contributed by atoms with Gasteiger partial charge in [-0.2, -0.15) is 0 Å². The van der Waals surface area contributed by atoms with Crippen molar-refractivity contribution in [3.05, 3.63) is 48.0 Å². The largest absolute Gasteiger partial charge is 0.462 e. The molecule has 0 amide bonds. The highest BCUT2D eigenvalue weighted by Gasteiger charge is 2.54. The summed E-state index contributed by atoms with van der Waals surface area (Å²) in [4.78, 5) is 12.5. The van der Waals surface area contributed by atoms with Gasteiger partial charge in [0.1, 0.15) is 6.10 Å². The number of benzene rings is 1. The second-order valence-corrected chi connectivity index (χ2v) is 8.52. The van der Waals surface area contributed by atoms with Crippen LogP contribution in [-0.2, 0) is 16.1 Å². The zero-order valence-corrected chi connectivity index (χ0v) is 15.2. The summed E-state index contributed by atoms with van der Waals surface area (Å²) in [5, 5.41) is 3.48. The van der Waals surface area contributed by atoms with E-state index in [9.17, 15) is 4.79 Å². The van der Waals surface area contributed by atoms with Crippen molar-refractivity contribution in [1.82, 2.24) is 5.32 Å². The standard InChI is InChI=1S/C22H29NO2/c1-15-7-6-10-22(2)12-20-17(11-19(15)22)18(21(24)25-20)14-23-13-16-8-4-3-5-9-16/h3-5,8-9,17-20,23H,1,6-7,10-14H2,2H3/t17-,18+,19+,20+,22+/m0/s1. The van der Waals surface area contributed by atoms with Crippen LogP contribution in [-0.4, -0.2) is 18.6 Å². The summed E-state index contributed by atoms with van der Waals surface area (Å²) in [5.41, 5.74) is 2.94. The number of esters is 1. The maximum Gasteiger partial charge on any atom is 0.310 e. The molecule has 4 rings (SSSR count). The Labute approximate surface area is 150 Å². The number of rotatable bonds is 4. The van der Waals surface area contributed by atoms with E-state index in [-0.39, 0.29) is 23.4 Å². The Kier molecular flexibility index (Phi) is 4.45. The molecule has 1 heterocycles. The minimum Gasteiger partial charge on any atom is -0.462 e. The van der Waals surface area contributed by atoms with Crippen molar-refractivity contribution in [2.45, 2.75) is 51.7 Å². The average Bonchev–Trinajstić information content (AvgIpc) is 2.88. The van der Waals surface area contributed by atoms with E-state index in [1.807, 2.05) is 18.2 Å². The number of allylic oxidation sites excluding steroid dienone is 1. The van der Waals surface area contributed by atoms with Crippen molar-refractivity contribution < 1.29 is 9.53 Å². The van der Waals surface area contributed by atoms with Crippen molar-refractivity contribution in [3.63, 3.8) is 0 Å². The van der Waals surface area contributed by atoms with E-state index < -0.39 is 0 Å². The smallest absolute Gasteiger partial charge is 0.310 e. The third kappa shape index (κ3) is 3.15. The van der Waals surface area contributed by atoms with Gasteiger partial charge in [0.15, 0.2) is 0 Å². The molecule has 0 bridgehead atoms. The molecule has 3 fully saturated rings. The number of hydrogen-bond acceptors (Lipinski definition) is 3. The van der Waals surface area contributed by atoms with E-state index in [0.717, 1.165) is 25.8 Å². The number of carbonyl (C=O) groups is 1. The molecule has 0 spiro atoms. The van der Waals surface area contributed by atoms with Gasteiger partial charge in [-0.05, 0) is 49.0 Å². The van der Waals surface area contributed by atoms with Crippen LogP contribution in [0, 0.1) is 23.2 Å². The van der Waals surface area contributed by atoms with Gasteiger partial charge in [-0.25, -0.2) is 0 Å². The van der Waals surface area contributed by atoms with E-state index in [1.54, 1.807) is 0 Å². The van der Waals surface area contributed by atoms with Crippen LogP contribution in [0.1, 0.15) is 44.6 Å². The molecule has 5 atom stereocenters. The summed E-state index contributed by atoms with van der Waals surface area (Å²) in [6.07, 6.45) is 5.84. The molecule has 1 aliphatic heterocycles. The molecule has 1 aromatic carbocycles. The lowest BCUT2D eigenvalue weighted by atomic mass is 9.55. The lowest BCUT2D eigenvalue weighted by Gasteiger charge is -2.50. The van der Waals surface area contributed by atoms with Gasteiger partial charge in [-0.3, -0.25) is 4.79 Å². The number of ether oxygens (including phenoxy) is 1. The first kappa shape index (κ1) is 16.8. The van der Waals surface area contributed by atoms with Gasteiger partial charge >= 0.3 is 5.97 Å². The summed E-state index contributed by atoms with van der Waals surface area (Å²) in [6.45, 7) is 8.26. The monoisotopic (exact) mass is 339 g/mol. The lowest BCUT2D eigenvalue weighted by Crippen LogP contribution is -2.45. The maximum absolute atomic E-state index is 12.5. The van der Waals surface area contributed by atoms with Crippen molar-refractivity contribution in [3.8, 4) is 0 Å². The van der Waals surface area contributed by atoms with Crippen LogP contribution >= 0.6 is 0 Å². The Hall–Kier alpha value is -1.61. The number of carbonyl (C=O) groups excluding carboxylic acids is 1. The molecule has 25 heavy (non-hydrogen) atoms. The fourth-order valence-electron chi connectivity index (χ4n) is 5.46. The summed E-state index contributed by atoms with van der Waals surface area (Å²) in [7, 11) is 0. The molecule has 1 N–H and O–H groups in total. The average molecular weight is 339 g/mol. The molecule has 2 aliphatic carbocycles. The minimum atomic E-state index is -0.00649. The third-order valence-electron chi connectivity index (χ3n) is 6.86. The van der Waals surface area contributed by atoms with Gasteiger partial charge in [-0.15, -0.1) is 0 Å². The molecular weight excluding hydrogens is 310 g/mol. The maximum atomic E-state index is 12.5. The Bertz CT molecular complexity index is 655. The predicted molar refractivity (Wildman–Crippen MR) is 98.8 cm³/mol. The molecular formula is C22H29NO2. The van der Waals surface area contributed by atoms with Gasteiger partial charge in [0.25, 0.3) is 0 Å². The van der Waals surface area contributed by atoms with E-state index in [1.165, 1.54) is 24.0 Å². The number of hydrogen-bond donors (Lipinski definition) is 1. The minimum absolute atomic E-state index is 0.00317. The van der Waals surface area contributed by atoms with Crippen molar-refractivity contribution in [1.29, 1.82) is 0 Å². The number of nitrogens with one attached hydrogen (secondary N) is 1. The molecule has 0 aromatic heterocycles. The molecule has 1 saturated heterocycles. The Morgan fingerprint density at radius 3 is 2.92 bits per heavy atom. The van der Waals surface area contributed by atoms with Crippen LogP contribution in [0.4, 0.5) is 0 Å². The van der Waals surface area contributed by atoms with Gasteiger partial charge in [0.05, 0.1) is 5.92 Å². The van der Waals surface area contributed by atoms with Gasteiger partial charge in [0.2, 0.25) is 0 Å². The van der Waals surface area contributed by atoms with Crippen LogP contribution in [0.5, 0.6) is 0 Å². The molecule has 3 heteroatoms. The van der Waals surface area contributed by atoms with Crippen LogP contribution < -0.4 is 5.32 Å². The van der Waals surface area contributed by atoms with Gasteiger partial charge in [-0.1, -0.05) is 49.4 Å². The Morgan fingerprint density at radius 2 is 2.12 bits per heavy atom.